The first-order valence-electron chi connectivity index (χ1n) is 6.02. The van der Waals surface area contributed by atoms with Gasteiger partial charge < -0.3 is 5.73 Å². The lowest BCUT2D eigenvalue weighted by atomic mass is 10.2. The van der Waals surface area contributed by atoms with Crippen molar-refractivity contribution in [2.45, 2.75) is 25.3 Å². The molecule has 0 atom stereocenters. The minimum Gasteiger partial charge on any atom is -0.383 e. The first-order chi connectivity index (χ1) is 9.33. The number of nitrogen functional groups attached to an aromatic ring is 1. The molecule has 2 rings (SSSR count). The zero-order valence-corrected chi connectivity index (χ0v) is 12.4. The lowest BCUT2D eigenvalue weighted by Gasteiger charge is -2.08. The van der Waals surface area contributed by atoms with Crippen molar-refractivity contribution in [1.82, 2.24) is 19.5 Å². The van der Waals surface area contributed by atoms with Gasteiger partial charge in [0.2, 0.25) is 10.0 Å². The summed E-state index contributed by atoms with van der Waals surface area (Å²) in [5, 5.41) is 4.25. The molecule has 20 heavy (non-hydrogen) atoms. The quantitative estimate of drug-likeness (QED) is 0.854. The fraction of sp³-hybridized carbons (Fsp3) is 0.333. The van der Waals surface area contributed by atoms with E-state index < -0.39 is 10.0 Å². The van der Waals surface area contributed by atoms with E-state index in [1.807, 2.05) is 20.9 Å². The summed E-state index contributed by atoms with van der Waals surface area (Å²) >= 11 is 0. The fourth-order valence-corrected chi connectivity index (χ4v) is 3.02. The number of nitrogens with zero attached hydrogens (tertiary/aromatic N) is 3. The number of sulfonamides is 1. The van der Waals surface area contributed by atoms with Gasteiger partial charge in [0, 0.05) is 31.0 Å². The molecular formula is C12H17N5O2S. The average Bonchev–Trinajstić information content (AvgIpc) is 2.61. The maximum atomic E-state index is 12.2. The number of nitrogens with one attached hydrogen (secondary N) is 1. The largest absolute Gasteiger partial charge is 0.383 e. The van der Waals surface area contributed by atoms with Crippen molar-refractivity contribution in [1.29, 1.82) is 0 Å². The molecule has 0 aliphatic rings. The highest BCUT2D eigenvalue weighted by Gasteiger charge is 2.19. The predicted octanol–water partition coefficient (Wildman–Crippen LogP) is 0.493. The minimum absolute atomic E-state index is 0.0142. The number of rotatable bonds is 4. The van der Waals surface area contributed by atoms with Gasteiger partial charge in [0.25, 0.3) is 0 Å². The Kier molecular flexibility index (Phi) is 3.78. The van der Waals surface area contributed by atoms with Crippen LogP contribution >= 0.6 is 0 Å². The molecule has 2 aromatic rings. The Morgan fingerprint density at radius 2 is 2.10 bits per heavy atom. The van der Waals surface area contributed by atoms with Crippen LogP contribution in [0, 0.1) is 13.8 Å². The summed E-state index contributed by atoms with van der Waals surface area (Å²) in [5.41, 5.74) is 8.17. The van der Waals surface area contributed by atoms with E-state index in [1.54, 1.807) is 4.68 Å². The molecule has 2 aromatic heterocycles. The van der Waals surface area contributed by atoms with Gasteiger partial charge in [-0.2, -0.15) is 5.10 Å². The lowest BCUT2D eigenvalue weighted by Crippen LogP contribution is -2.25. The monoisotopic (exact) mass is 295 g/mol. The molecule has 0 amide bonds. The Labute approximate surface area is 117 Å². The topological polar surface area (TPSA) is 103 Å². The van der Waals surface area contributed by atoms with Crippen LogP contribution in [0.15, 0.2) is 23.2 Å². The molecule has 7 nitrogen and oxygen atoms in total. The van der Waals surface area contributed by atoms with Gasteiger partial charge in [0.15, 0.2) is 0 Å². The van der Waals surface area contributed by atoms with E-state index in [0.717, 1.165) is 17.0 Å². The van der Waals surface area contributed by atoms with Crippen LogP contribution in [0.1, 0.15) is 17.0 Å². The van der Waals surface area contributed by atoms with Gasteiger partial charge in [0.1, 0.15) is 10.7 Å². The smallest absolute Gasteiger partial charge is 0.244 e. The zero-order chi connectivity index (χ0) is 14.9. The van der Waals surface area contributed by atoms with Crippen LogP contribution in [0.25, 0.3) is 0 Å². The maximum absolute atomic E-state index is 12.2. The average molecular weight is 295 g/mol. The van der Waals surface area contributed by atoms with Crippen molar-refractivity contribution < 1.29 is 8.42 Å². The van der Waals surface area contributed by atoms with Crippen LogP contribution in [-0.2, 0) is 23.6 Å². The highest BCUT2D eigenvalue weighted by molar-refractivity contribution is 7.89. The Morgan fingerprint density at radius 3 is 2.65 bits per heavy atom. The summed E-state index contributed by atoms with van der Waals surface area (Å²) < 4.78 is 28.6. The second-order valence-electron chi connectivity index (χ2n) is 4.48. The molecule has 8 heteroatoms. The molecule has 3 N–H and O–H groups in total. The lowest BCUT2D eigenvalue weighted by molar-refractivity contribution is 0.581. The van der Waals surface area contributed by atoms with Crippen molar-refractivity contribution in [3.05, 3.63) is 35.3 Å². The van der Waals surface area contributed by atoms with Crippen LogP contribution in [-0.4, -0.2) is 23.2 Å². The summed E-state index contributed by atoms with van der Waals surface area (Å²) in [4.78, 5) is 3.77. The van der Waals surface area contributed by atoms with Gasteiger partial charge in [-0.25, -0.2) is 18.1 Å². The molecule has 0 saturated carbocycles. The molecule has 0 bridgehead atoms. The third-order valence-corrected chi connectivity index (χ3v) is 4.64. The first kappa shape index (κ1) is 14.5. The number of hydrogen-bond donors (Lipinski definition) is 2. The van der Waals surface area contributed by atoms with Gasteiger partial charge >= 0.3 is 0 Å². The first-order valence-corrected chi connectivity index (χ1v) is 7.50. The Hall–Kier alpha value is -1.93. The normalized spacial score (nSPS) is 11.8. The van der Waals surface area contributed by atoms with Gasteiger partial charge in [-0.3, -0.25) is 4.68 Å². The number of nitrogens with two attached hydrogens (primary N) is 1. The van der Waals surface area contributed by atoms with Gasteiger partial charge in [0.05, 0.1) is 5.69 Å². The van der Waals surface area contributed by atoms with E-state index in [1.165, 1.54) is 18.3 Å². The number of hydrogen-bond acceptors (Lipinski definition) is 5. The Morgan fingerprint density at radius 1 is 1.40 bits per heavy atom. The summed E-state index contributed by atoms with van der Waals surface area (Å²) in [6, 6.07) is 2.96. The summed E-state index contributed by atoms with van der Waals surface area (Å²) in [5.74, 6) is -0.0142. The third-order valence-electron chi connectivity index (χ3n) is 3.19. The highest BCUT2D eigenvalue weighted by Crippen LogP contribution is 2.16. The highest BCUT2D eigenvalue weighted by atomic mass is 32.2. The Balaban J connectivity index is 2.24. The van der Waals surface area contributed by atoms with Crippen molar-refractivity contribution in [3.8, 4) is 0 Å². The van der Waals surface area contributed by atoms with Crippen LogP contribution in [0.4, 0.5) is 5.82 Å². The van der Waals surface area contributed by atoms with Crippen LogP contribution in [0.5, 0.6) is 0 Å². The van der Waals surface area contributed by atoms with Gasteiger partial charge in [-0.15, -0.1) is 0 Å². The number of pyridine rings is 1. The number of aromatic nitrogens is 3. The standard InChI is InChI=1S/C12H17N5O2S/c1-8-10(9(2)17(3)16-8)7-15-20(18,19)11-5-4-6-14-12(11)13/h4-6,15H,7H2,1-3H3,(H2,13,14). The molecule has 0 saturated heterocycles. The fourth-order valence-electron chi connectivity index (χ4n) is 1.95. The van der Waals surface area contributed by atoms with Crippen LogP contribution < -0.4 is 10.5 Å². The van der Waals surface area contributed by atoms with E-state index in [2.05, 4.69) is 14.8 Å². The minimum atomic E-state index is -3.69. The van der Waals surface area contributed by atoms with Gasteiger partial charge in [-0.05, 0) is 26.0 Å². The maximum Gasteiger partial charge on any atom is 0.244 e. The molecule has 0 unspecified atom stereocenters. The van der Waals surface area contributed by atoms with Crippen LogP contribution in [0.2, 0.25) is 0 Å². The van der Waals surface area contributed by atoms with E-state index >= 15 is 0 Å². The van der Waals surface area contributed by atoms with Crippen molar-refractivity contribution in [2.24, 2.45) is 7.05 Å². The summed E-state index contributed by atoms with van der Waals surface area (Å²) in [6.07, 6.45) is 1.45. The van der Waals surface area contributed by atoms with E-state index in [9.17, 15) is 8.42 Å². The van der Waals surface area contributed by atoms with Gasteiger partial charge in [-0.1, -0.05) is 0 Å². The molecule has 0 aromatic carbocycles. The molecule has 0 spiro atoms. The molecule has 0 aliphatic heterocycles. The Bertz CT molecular complexity index is 736. The molecule has 0 aliphatic carbocycles. The van der Waals surface area contributed by atoms with Crippen molar-refractivity contribution in [3.63, 3.8) is 0 Å². The molecule has 2 heterocycles. The number of anilines is 1. The second kappa shape index (κ2) is 5.22. The predicted molar refractivity (Wildman–Crippen MR) is 75.4 cm³/mol. The van der Waals surface area contributed by atoms with Crippen molar-refractivity contribution >= 4 is 15.8 Å². The molecule has 0 fully saturated rings. The molecule has 0 radical (unpaired) electrons. The molecule has 108 valence electrons. The SMILES string of the molecule is Cc1nn(C)c(C)c1CNS(=O)(=O)c1cccnc1N. The van der Waals surface area contributed by atoms with Crippen molar-refractivity contribution in [2.75, 3.05) is 5.73 Å². The van der Waals surface area contributed by atoms with Crippen LogP contribution in [0.3, 0.4) is 0 Å². The summed E-state index contributed by atoms with van der Waals surface area (Å²) in [7, 11) is -1.87. The third kappa shape index (κ3) is 2.66. The van der Waals surface area contributed by atoms with E-state index in [-0.39, 0.29) is 17.3 Å². The van der Waals surface area contributed by atoms with E-state index in [4.69, 9.17) is 5.73 Å². The second-order valence-corrected chi connectivity index (χ2v) is 6.22. The summed E-state index contributed by atoms with van der Waals surface area (Å²) in [6.45, 7) is 3.90. The van der Waals surface area contributed by atoms with E-state index in [0.29, 0.717) is 0 Å². The molecular weight excluding hydrogens is 278 g/mol. The zero-order valence-electron chi connectivity index (χ0n) is 11.6. The number of aryl methyl sites for hydroxylation is 2.